The van der Waals surface area contributed by atoms with Crippen molar-refractivity contribution >= 4 is 5.97 Å². The van der Waals surface area contributed by atoms with Crippen molar-refractivity contribution in [3.05, 3.63) is 0 Å². The fourth-order valence-electron chi connectivity index (χ4n) is 1.66. The highest BCUT2D eigenvalue weighted by molar-refractivity contribution is 5.67. The Labute approximate surface area is 93.3 Å². The summed E-state index contributed by atoms with van der Waals surface area (Å²) in [5, 5.41) is 12.2. The van der Waals surface area contributed by atoms with Crippen LogP contribution in [0.3, 0.4) is 0 Å². The molecule has 2 atom stereocenters. The number of rotatable bonds is 8. The Kier molecular flexibility index (Phi) is 7.39. The third kappa shape index (κ3) is 8.43. The van der Waals surface area contributed by atoms with E-state index in [1.54, 1.807) is 0 Å². The number of nitrogens with one attached hydrogen (secondary N) is 1. The lowest BCUT2D eigenvalue weighted by atomic mass is 9.94. The SMILES string of the molecule is CCC(C)NCC(CC(=O)O)CC(C)C. The minimum Gasteiger partial charge on any atom is -0.481 e. The molecule has 0 bridgehead atoms. The maximum atomic E-state index is 10.7. The van der Waals surface area contributed by atoms with Crippen LogP contribution in [-0.2, 0) is 4.79 Å². The predicted octanol–water partition coefficient (Wildman–Crippen LogP) is 2.51. The Morgan fingerprint density at radius 1 is 1.33 bits per heavy atom. The molecular formula is C12H25NO2. The van der Waals surface area contributed by atoms with Crippen LogP contribution in [0.1, 0.15) is 47.0 Å². The standard InChI is InChI=1S/C12H25NO2/c1-5-10(4)13-8-11(6-9(2)3)7-12(14)15/h9-11,13H,5-8H2,1-4H3,(H,14,15). The Bertz CT molecular complexity index is 180. The second-order valence-electron chi connectivity index (χ2n) is 4.81. The summed E-state index contributed by atoms with van der Waals surface area (Å²) in [4.78, 5) is 10.7. The Morgan fingerprint density at radius 3 is 2.33 bits per heavy atom. The van der Waals surface area contributed by atoms with E-state index < -0.39 is 5.97 Å². The fourth-order valence-corrected chi connectivity index (χ4v) is 1.66. The molecule has 0 spiro atoms. The van der Waals surface area contributed by atoms with Crippen LogP contribution in [0.15, 0.2) is 0 Å². The maximum Gasteiger partial charge on any atom is 0.303 e. The second-order valence-corrected chi connectivity index (χ2v) is 4.81. The van der Waals surface area contributed by atoms with E-state index in [1.165, 1.54) is 0 Å². The van der Waals surface area contributed by atoms with Crippen molar-refractivity contribution in [3.8, 4) is 0 Å². The third-order valence-corrected chi connectivity index (χ3v) is 2.64. The van der Waals surface area contributed by atoms with Crippen molar-refractivity contribution in [1.29, 1.82) is 0 Å². The third-order valence-electron chi connectivity index (χ3n) is 2.64. The van der Waals surface area contributed by atoms with Gasteiger partial charge in [0.1, 0.15) is 0 Å². The lowest BCUT2D eigenvalue weighted by Gasteiger charge is -2.20. The van der Waals surface area contributed by atoms with Crippen molar-refractivity contribution in [2.45, 2.75) is 53.0 Å². The largest absolute Gasteiger partial charge is 0.481 e. The summed E-state index contributed by atoms with van der Waals surface area (Å²) in [6, 6.07) is 0.480. The molecule has 3 nitrogen and oxygen atoms in total. The number of hydrogen-bond acceptors (Lipinski definition) is 2. The van der Waals surface area contributed by atoms with Crippen molar-refractivity contribution in [2.75, 3.05) is 6.54 Å². The van der Waals surface area contributed by atoms with E-state index in [0.717, 1.165) is 19.4 Å². The van der Waals surface area contributed by atoms with E-state index in [-0.39, 0.29) is 12.3 Å². The summed E-state index contributed by atoms with van der Waals surface area (Å²) in [5.41, 5.74) is 0. The Hall–Kier alpha value is -0.570. The first-order chi connectivity index (χ1) is 6.95. The van der Waals surface area contributed by atoms with Crippen LogP contribution in [0.5, 0.6) is 0 Å². The van der Waals surface area contributed by atoms with Crippen LogP contribution < -0.4 is 5.32 Å². The van der Waals surface area contributed by atoms with E-state index in [1.807, 2.05) is 0 Å². The Morgan fingerprint density at radius 2 is 1.93 bits per heavy atom. The van der Waals surface area contributed by atoms with Crippen LogP contribution in [0.2, 0.25) is 0 Å². The zero-order valence-electron chi connectivity index (χ0n) is 10.4. The number of aliphatic carboxylic acids is 1. The number of hydrogen-bond donors (Lipinski definition) is 2. The normalized spacial score (nSPS) is 15.3. The smallest absolute Gasteiger partial charge is 0.303 e. The molecule has 0 aromatic carbocycles. The minimum absolute atomic E-state index is 0.261. The fraction of sp³-hybridized carbons (Fsp3) is 0.917. The molecule has 0 aliphatic rings. The molecule has 0 radical (unpaired) electrons. The molecule has 0 amide bonds. The monoisotopic (exact) mass is 215 g/mol. The van der Waals surface area contributed by atoms with E-state index in [4.69, 9.17) is 5.11 Å². The van der Waals surface area contributed by atoms with Crippen LogP contribution in [0.25, 0.3) is 0 Å². The van der Waals surface area contributed by atoms with E-state index in [9.17, 15) is 4.79 Å². The van der Waals surface area contributed by atoms with Gasteiger partial charge >= 0.3 is 5.97 Å². The van der Waals surface area contributed by atoms with Crippen molar-refractivity contribution in [1.82, 2.24) is 5.32 Å². The molecule has 0 aliphatic heterocycles. The predicted molar refractivity (Wildman–Crippen MR) is 63.0 cm³/mol. The molecule has 0 heterocycles. The topological polar surface area (TPSA) is 49.3 Å². The lowest BCUT2D eigenvalue weighted by molar-refractivity contribution is -0.138. The molecule has 0 aromatic heterocycles. The molecule has 3 heteroatoms. The Balaban J connectivity index is 3.94. The van der Waals surface area contributed by atoms with Gasteiger partial charge in [-0.25, -0.2) is 0 Å². The highest BCUT2D eigenvalue weighted by atomic mass is 16.4. The molecule has 0 aromatic rings. The highest BCUT2D eigenvalue weighted by Gasteiger charge is 2.15. The molecule has 0 rings (SSSR count). The molecule has 0 fully saturated rings. The van der Waals surface area contributed by atoms with Crippen molar-refractivity contribution < 1.29 is 9.90 Å². The van der Waals surface area contributed by atoms with Crippen LogP contribution >= 0.6 is 0 Å². The summed E-state index contributed by atoms with van der Waals surface area (Å²) in [6.45, 7) is 9.36. The molecular weight excluding hydrogens is 190 g/mol. The minimum atomic E-state index is -0.688. The average molecular weight is 215 g/mol. The van der Waals surface area contributed by atoms with Gasteiger partial charge in [0.05, 0.1) is 0 Å². The highest BCUT2D eigenvalue weighted by Crippen LogP contribution is 2.15. The first-order valence-corrected chi connectivity index (χ1v) is 5.90. The van der Waals surface area contributed by atoms with Gasteiger partial charge in [0.25, 0.3) is 0 Å². The number of carboxylic acid groups (broad SMARTS) is 1. The van der Waals surface area contributed by atoms with Gasteiger partial charge in [-0.3, -0.25) is 4.79 Å². The van der Waals surface area contributed by atoms with Gasteiger partial charge in [0, 0.05) is 12.5 Å². The number of carbonyl (C=O) groups is 1. The molecule has 0 aliphatic carbocycles. The first-order valence-electron chi connectivity index (χ1n) is 5.90. The zero-order chi connectivity index (χ0) is 11.8. The molecule has 2 N–H and O–H groups in total. The van der Waals surface area contributed by atoms with Gasteiger partial charge < -0.3 is 10.4 Å². The van der Waals surface area contributed by atoms with Crippen LogP contribution in [-0.4, -0.2) is 23.7 Å². The van der Waals surface area contributed by atoms with E-state index >= 15 is 0 Å². The van der Waals surface area contributed by atoms with Gasteiger partial charge in [0.15, 0.2) is 0 Å². The summed E-state index contributed by atoms with van der Waals surface area (Å²) >= 11 is 0. The number of carboxylic acids is 1. The quantitative estimate of drug-likeness (QED) is 0.654. The van der Waals surface area contributed by atoms with E-state index in [2.05, 4.69) is 33.0 Å². The summed E-state index contributed by atoms with van der Waals surface area (Å²) in [6.07, 6.45) is 2.35. The summed E-state index contributed by atoms with van der Waals surface area (Å²) in [5.74, 6) is 0.135. The molecule has 15 heavy (non-hydrogen) atoms. The van der Waals surface area contributed by atoms with Crippen molar-refractivity contribution in [3.63, 3.8) is 0 Å². The van der Waals surface area contributed by atoms with Gasteiger partial charge in [-0.15, -0.1) is 0 Å². The lowest BCUT2D eigenvalue weighted by Crippen LogP contribution is -2.32. The molecule has 0 saturated heterocycles. The van der Waals surface area contributed by atoms with E-state index in [0.29, 0.717) is 12.0 Å². The zero-order valence-corrected chi connectivity index (χ0v) is 10.4. The van der Waals surface area contributed by atoms with Gasteiger partial charge in [-0.05, 0) is 38.1 Å². The van der Waals surface area contributed by atoms with Gasteiger partial charge in [-0.1, -0.05) is 20.8 Å². The van der Waals surface area contributed by atoms with Crippen LogP contribution in [0, 0.1) is 11.8 Å². The summed E-state index contributed by atoms with van der Waals surface area (Å²) in [7, 11) is 0. The van der Waals surface area contributed by atoms with Gasteiger partial charge in [0.2, 0.25) is 0 Å². The van der Waals surface area contributed by atoms with Crippen LogP contribution in [0.4, 0.5) is 0 Å². The molecule has 90 valence electrons. The van der Waals surface area contributed by atoms with Crippen molar-refractivity contribution in [2.24, 2.45) is 11.8 Å². The van der Waals surface area contributed by atoms with Gasteiger partial charge in [-0.2, -0.15) is 0 Å². The summed E-state index contributed by atoms with van der Waals surface area (Å²) < 4.78 is 0. The molecule has 2 unspecified atom stereocenters. The second kappa shape index (κ2) is 7.69. The maximum absolute atomic E-state index is 10.7. The average Bonchev–Trinajstić information content (AvgIpc) is 2.11. The molecule has 0 saturated carbocycles. The first kappa shape index (κ1) is 14.4.